The maximum absolute atomic E-state index is 12.5. The molecule has 0 aliphatic heterocycles. The Hall–Kier alpha value is -3.43. The first-order valence-corrected chi connectivity index (χ1v) is 17.6. The standard InChI is InChI=1S/C37H59N7O2/c1-7-16-30(17-8-2)41-36-32(34(9-3)42-37-33(36)27-39-44(37)10-4)26-38-28(5)29-19-21-31(22-20-29)40-35(46)18-14-12-11-13-15-23-43(6)24-25-45/h19-22,27,30,38,45H,5,7-18,23-26H2,1-4,6H3,(H,40,46)(H,41,42). The van der Waals surface area contributed by atoms with Gasteiger partial charge in [0.2, 0.25) is 5.91 Å². The molecule has 1 aromatic carbocycles. The summed E-state index contributed by atoms with van der Waals surface area (Å²) in [6.07, 6.45) is 13.2. The summed E-state index contributed by atoms with van der Waals surface area (Å²) in [7, 11) is 2.04. The lowest BCUT2D eigenvalue weighted by Gasteiger charge is -2.24. The molecule has 3 rings (SSSR count). The number of nitrogens with zero attached hydrogens (tertiary/aromatic N) is 4. The predicted octanol–water partition coefficient (Wildman–Crippen LogP) is 7.36. The van der Waals surface area contributed by atoms with Crippen LogP contribution in [-0.2, 0) is 24.3 Å². The average Bonchev–Trinajstić information content (AvgIpc) is 3.47. The van der Waals surface area contributed by atoms with Crippen molar-refractivity contribution in [2.75, 3.05) is 37.4 Å². The molecule has 4 N–H and O–H groups in total. The minimum Gasteiger partial charge on any atom is -0.395 e. The van der Waals surface area contributed by atoms with Crippen LogP contribution in [0.1, 0.15) is 109 Å². The Morgan fingerprint density at radius 2 is 1.70 bits per heavy atom. The molecule has 3 aromatic rings. The van der Waals surface area contributed by atoms with Crippen LogP contribution in [0.4, 0.5) is 11.4 Å². The van der Waals surface area contributed by atoms with E-state index >= 15 is 0 Å². The summed E-state index contributed by atoms with van der Waals surface area (Å²) in [5.41, 5.74) is 6.93. The van der Waals surface area contributed by atoms with Gasteiger partial charge in [0.25, 0.3) is 0 Å². The molecule has 0 fully saturated rings. The van der Waals surface area contributed by atoms with E-state index in [9.17, 15) is 4.79 Å². The van der Waals surface area contributed by atoms with Gasteiger partial charge in [-0.15, -0.1) is 0 Å². The molecule has 9 heteroatoms. The summed E-state index contributed by atoms with van der Waals surface area (Å²) in [5.74, 6) is 0.0539. The Morgan fingerprint density at radius 3 is 2.35 bits per heavy atom. The van der Waals surface area contributed by atoms with Gasteiger partial charge in [-0.2, -0.15) is 5.10 Å². The van der Waals surface area contributed by atoms with Gasteiger partial charge in [0.1, 0.15) is 0 Å². The van der Waals surface area contributed by atoms with Crippen LogP contribution in [0.2, 0.25) is 0 Å². The van der Waals surface area contributed by atoms with Crippen molar-refractivity contribution >= 4 is 34.0 Å². The van der Waals surface area contributed by atoms with Crippen molar-refractivity contribution in [1.82, 2.24) is 25.0 Å². The van der Waals surface area contributed by atoms with Crippen LogP contribution >= 0.6 is 0 Å². The zero-order valence-corrected chi connectivity index (χ0v) is 29.1. The number of amides is 1. The van der Waals surface area contributed by atoms with Crippen LogP contribution in [0.3, 0.4) is 0 Å². The number of hydrogen-bond donors (Lipinski definition) is 4. The molecule has 254 valence electrons. The summed E-state index contributed by atoms with van der Waals surface area (Å²) in [6.45, 7) is 16.4. The van der Waals surface area contributed by atoms with Crippen molar-refractivity contribution in [2.24, 2.45) is 0 Å². The van der Waals surface area contributed by atoms with Gasteiger partial charge in [-0.1, -0.05) is 71.6 Å². The molecule has 0 spiro atoms. The number of aryl methyl sites for hydroxylation is 2. The molecule has 0 saturated carbocycles. The molecule has 1 amide bonds. The van der Waals surface area contributed by atoms with Gasteiger partial charge in [0.05, 0.1) is 23.9 Å². The number of benzene rings is 1. The SMILES string of the molecule is C=C(NCc1c(CC)nc2c(cnn2CC)c1NC(CCC)CCC)c1ccc(NC(=O)CCCCCCCN(C)CCO)cc1. The Labute approximate surface area is 277 Å². The molecule has 2 heterocycles. The van der Waals surface area contributed by atoms with Crippen LogP contribution in [0, 0.1) is 0 Å². The summed E-state index contributed by atoms with van der Waals surface area (Å²) >= 11 is 0. The molecule has 46 heavy (non-hydrogen) atoms. The van der Waals surface area contributed by atoms with Crippen LogP contribution in [0.15, 0.2) is 37.0 Å². The smallest absolute Gasteiger partial charge is 0.224 e. The highest BCUT2D eigenvalue weighted by Crippen LogP contribution is 2.31. The van der Waals surface area contributed by atoms with Gasteiger partial charge in [0.15, 0.2) is 5.65 Å². The van der Waals surface area contributed by atoms with Gasteiger partial charge in [-0.25, -0.2) is 9.67 Å². The summed E-state index contributed by atoms with van der Waals surface area (Å²) in [6, 6.07) is 8.30. The predicted molar refractivity (Wildman–Crippen MR) is 193 cm³/mol. The van der Waals surface area contributed by atoms with Gasteiger partial charge < -0.3 is 26.0 Å². The first-order valence-electron chi connectivity index (χ1n) is 17.6. The number of aliphatic hydroxyl groups excluding tert-OH is 1. The number of aromatic nitrogens is 3. The first kappa shape index (κ1) is 37.0. The number of carbonyl (C=O) groups is 1. The minimum atomic E-state index is 0.0539. The normalized spacial score (nSPS) is 11.5. The van der Waals surface area contributed by atoms with Crippen LogP contribution in [0.5, 0.6) is 0 Å². The first-order chi connectivity index (χ1) is 22.3. The van der Waals surface area contributed by atoms with Crippen molar-refractivity contribution in [3.63, 3.8) is 0 Å². The Balaban J connectivity index is 1.58. The number of pyridine rings is 1. The van der Waals surface area contributed by atoms with Crippen LogP contribution in [-0.4, -0.2) is 63.5 Å². The summed E-state index contributed by atoms with van der Waals surface area (Å²) in [5, 5.41) is 25.2. The van der Waals surface area contributed by atoms with Crippen molar-refractivity contribution in [3.8, 4) is 0 Å². The molecular formula is C37H59N7O2. The third kappa shape index (κ3) is 11.1. The second kappa shape index (κ2) is 19.9. The lowest BCUT2D eigenvalue weighted by atomic mass is 10.0. The van der Waals surface area contributed by atoms with Gasteiger partial charge in [0, 0.05) is 54.7 Å². The van der Waals surface area contributed by atoms with Crippen molar-refractivity contribution in [3.05, 3.63) is 53.9 Å². The fraction of sp³-hybridized carbons (Fsp3) is 0.595. The van der Waals surface area contributed by atoms with Crippen molar-refractivity contribution in [1.29, 1.82) is 0 Å². The maximum atomic E-state index is 12.5. The molecule has 0 bridgehead atoms. The van der Waals surface area contributed by atoms with E-state index in [1.807, 2.05) is 42.2 Å². The quantitative estimate of drug-likeness (QED) is 0.0809. The fourth-order valence-corrected chi connectivity index (χ4v) is 6.00. The van der Waals surface area contributed by atoms with Crippen molar-refractivity contribution in [2.45, 2.75) is 117 Å². The molecule has 0 saturated heterocycles. The number of rotatable bonds is 23. The molecule has 0 radical (unpaired) electrons. The highest BCUT2D eigenvalue weighted by molar-refractivity contribution is 5.92. The molecule has 0 atom stereocenters. The topological polar surface area (TPSA) is 107 Å². The number of aliphatic hydroxyl groups is 1. The molecule has 0 unspecified atom stereocenters. The van der Waals surface area contributed by atoms with E-state index in [-0.39, 0.29) is 12.5 Å². The number of unbranched alkanes of at least 4 members (excludes halogenated alkanes) is 4. The third-order valence-electron chi connectivity index (χ3n) is 8.65. The minimum absolute atomic E-state index is 0.0539. The molecular weight excluding hydrogens is 574 g/mol. The van der Waals surface area contributed by atoms with E-state index in [2.05, 4.69) is 60.2 Å². The van der Waals surface area contributed by atoms with Gasteiger partial charge in [-0.05, 0) is 70.3 Å². The summed E-state index contributed by atoms with van der Waals surface area (Å²) < 4.78 is 1.98. The molecule has 2 aromatic heterocycles. The lowest BCUT2D eigenvalue weighted by Crippen LogP contribution is -2.23. The second-order valence-corrected chi connectivity index (χ2v) is 12.4. The van der Waals surface area contributed by atoms with Crippen molar-refractivity contribution < 1.29 is 9.90 Å². The molecule has 0 aliphatic carbocycles. The van der Waals surface area contributed by atoms with E-state index in [1.54, 1.807) is 0 Å². The Morgan fingerprint density at radius 1 is 1.00 bits per heavy atom. The Bertz CT molecular complexity index is 1350. The third-order valence-corrected chi connectivity index (χ3v) is 8.65. The van der Waals surface area contributed by atoms with E-state index in [0.29, 0.717) is 19.0 Å². The van der Waals surface area contributed by atoms with E-state index < -0.39 is 0 Å². The highest BCUT2D eigenvalue weighted by Gasteiger charge is 2.20. The van der Waals surface area contributed by atoms with Gasteiger partial charge >= 0.3 is 0 Å². The number of anilines is 2. The van der Waals surface area contributed by atoms with Crippen LogP contribution in [0.25, 0.3) is 16.7 Å². The summed E-state index contributed by atoms with van der Waals surface area (Å²) in [4.78, 5) is 19.7. The molecule has 0 aliphatic rings. The van der Waals surface area contributed by atoms with Crippen LogP contribution < -0.4 is 16.0 Å². The average molecular weight is 634 g/mol. The number of nitrogens with one attached hydrogen (secondary N) is 3. The fourth-order valence-electron chi connectivity index (χ4n) is 6.00. The Kier molecular flexibility index (Phi) is 16.1. The number of carbonyl (C=O) groups excluding carboxylic acids is 1. The lowest BCUT2D eigenvalue weighted by molar-refractivity contribution is -0.116. The van der Waals surface area contributed by atoms with E-state index in [0.717, 1.165) is 123 Å². The monoisotopic (exact) mass is 633 g/mol. The van der Waals surface area contributed by atoms with E-state index in [1.165, 1.54) is 5.56 Å². The highest BCUT2D eigenvalue weighted by atomic mass is 16.3. The largest absolute Gasteiger partial charge is 0.395 e. The number of fused-ring (bicyclic) bond motifs is 1. The maximum Gasteiger partial charge on any atom is 0.224 e. The zero-order chi connectivity index (χ0) is 33.3. The van der Waals surface area contributed by atoms with Gasteiger partial charge in [-0.3, -0.25) is 4.79 Å². The number of hydrogen-bond acceptors (Lipinski definition) is 7. The number of likely N-dealkylation sites (N-methyl/N-ethyl adjacent to an activating group) is 1. The molecule has 9 nitrogen and oxygen atoms in total. The van der Waals surface area contributed by atoms with E-state index in [4.69, 9.17) is 10.1 Å². The zero-order valence-electron chi connectivity index (χ0n) is 29.1. The second-order valence-electron chi connectivity index (χ2n) is 12.4.